The van der Waals surface area contributed by atoms with Crippen LogP contribution in [0.2, 0.25) is 0 Å². The molecule has 182 valence electrons. The van der Waals surface area contributed by atoms with Crippen molar-refractivity contribution >= 4 is 27.5 Å². The second-order valence-electron chi connectivity index (χ2n) is 9.13. The van der Waals surface area contributed by atoms with Gasteiger partial charge < -0.3 is 9.42 Å². The van der Waals surface area contributed by atoms with Gasteiger partial charge in [0.25, 0.3) is 0 Å². The molecular formula is C27H31N5O2S. The molecule has 0 aliphatic carbocycles. The lowest BCUT2D eigenvalue weighted by atomic mass is 10.1. The minimum atomic E-state index is 0.264. The van der Waals surface area contributed by atoms with Crippen LogP contribution in [0.15, 0.2) is 53.1 Å². The maximum atomic E-state index is 12.7. The molecule has 4 aromatic rings. The Labute approximate surface area is 209 Å². The number of amides is 1. The van der Waals surface area contributed by atoms with E-state index in [4.69, 9.17) is 4.52 Å². The standard InChI is InChI=1S/C27H31N5O2S/c1-20-11-13-21(14-12-20)27-29-24(34-30-27)8-5-15-31-16-18-32(19-17-31)26(33)10-4-9-25-28-22-6-2-3-7-23(22)35-25/h2-3,6-7,11-14H,4-5,8-10,15-19H2,1H3. The molecule has 3 heterocycles. The summed E-state index contributed by atoms with van der Waals surface area (Å²) < 4.78 is 6.66. The molecule has 0 bridgehead atoms. The zero-order valence-corrected chi connectivity index (χ0v) is 21.0. The maximum absolute atomic E-state index is 12.7. The number of thiazole rings is 1. The number of hydrogen-bond acceptors (Lipinski definition) is 7. The third kappa shape index (κ3) is 6.13. The van der Waals surface area contributed by atoms with Crippen LogP contribution < -0.4 is 0 Å². The molecule has 0 unspecified atom stereocenters. The minimum absolute atomic E-state index is 0.264. The molecule has 0 atom stereocenters. The van der Waals surface area contributed by atoms with Gasteiger partial charge in [-0.2, -0.15) is 4.98 Å². The summed E-state index contributed by atoms with van der Waals surface area (Å²) in [6, 6.07) is 16.4. The Balaban J connectivity index is 0.992. The second kappa shape index (κ2) is 11.1. The monoisotopic (exact) mass is 489 g/mol. The van der Waals surface area contributed by atoms with E-state index in [1.807, 2.05) is 35.2 Å². The maximum Gasteiger partial charge on any atom is 0.227 e. The summed E-state index contributed by atoms with van der Waals surface area (Å²) in [5.74, 6) is 1.60. The van der Waals surface area contributed by atoms with Crippen LogP contribution in [0.4, 0.5) is 0 Å². The first-order valence-corrected chi connectivity index (χ1v) is 13.2. The molecule has 0 N–H and O–H groups in total. The van der Waals surface area contributed by atoms with Crippen molar-refractivity contribution < 1.29 is 9.32 Å². The third-order valence-corrected chi connectivity index (χ3v) is 7.58. The highest BCUT2D eigenvalue weighted by atomic mass is 32.1. The molecule has 0 saturated carbocycles. The van der Waals surface area contributed by atoms with Gasteiger partial charge in [-0.3, -0.25) is 9.69 Å². The number of carbonyl (C=O) groups excluding carboxylic acids is 1. The summed E-state index contributed by atoms with van der Waals surface area (Å²) in [5.41, 5.74) is 3.25. The number of nitrogens with zero attached hydrogens (tertiary/aromatic N) is 5. The van der Waals surface area contributed by atoms with E-state index in [9.17, 15) is 4.79 Å². The van der Waals surface area contributed by atoms with Crippen LogP contribution in [0.5, 0.6) is 0 Å². The number of rotatable bonds is 9. The first kappa shape index (κ1) is 23.6. The lowest BCUT2D eigenvalue weighted by molar-refractivity contribution is -0.133. The van der Waals surface area contributed by atoms with Crippen LogP contribution in [0.25, 0.3) is 21.6 Å². The molecule has 1 fully saturated rings. The lowest BCUT2D eigenvalue weighted by Crippen LogP contribution is -2.48. The van der Waals surface area contributed by atoms with Gasteiger partial charge in [0.1, 0.15) is 0 Å². The van der Waals surface area contributed by atoms with Gasteiger partial charge in [0.15, 0.2) is 0 Å². The molecule has 1 aliphatic heterocycles. The number of fused-ring (bicyclic) bond motifs is 1. The van der Waals surface area contributed by atoms with Crippen molar-refractivity contribution in [3.05, 3.63) is 65.0 Å². The van der Waals surface area contributed by atoms with E-state index in [1.54, 1.807) is 11.3 Å². The van der Waals surface area contributed by atoms with Crippen LogP contribution in [0.1, 0.15) is 35.7 Å². The summed E-state index contributed by atoms with van der Waals surface area (Å²) in [6.07, 6.45) is 4.05. The van der Waals surface area contributed by atoms with E-state index in [0.717, 1.165) is 74.5 Å². The molecule has 1 amide bonds. The number of hydrogen-bond donors (Lipinski definition) is 0. The van der Waals surface area contributed by atoms with Crippen LogP contribution in [-0.2, 0) is 17.6 Å². The number of piperazine rings is 1. The average molecular weight is 490 g/mol. The second-order valence-corrected chi connectivity index (χ2v) is 10.2. The predicted molar refractivity (Wildman–Crippen MR) is 138 cm³/mol. The molecular weight excluding hydrogens is 458 g/mol. The van der Waals surface area contributed by atoms with Gasteiger partial charge in [-0.1, -0.05) is 47.1 Å². The zero-order valence-electron chi connectivity index (χ0n) is 20.2. The molecule has 0 spiro atoms. The highest BCUT2D eigenvalue weighted by Crippen LogP contribution is 2.23. The minimum Gasteiger partial charge on any atom is -0.340 e. The van der Waals surface area contributed by atoms with Gasteiger partial charge in [-0.15, -0.1) is 11.3 Å². The fraction of sp³-hybridized carbons (Fsp3) is 0.407. The number of aryl methyl sites for hydroxylation is 3. The Hall–Kier alpha value is -3.10. The van der Waals surface area contributed by atoms with E-state index in [2.05, 4.69) is 45.1 Å². The van der Waals surface area contributed by atoms with Crippen molar-refractivity contribution in [1.29, 1.82) is 0 Å². The summed E-state index contributed by atoms with van der Waals surface area (Å²) in [5, 5.41) is 5.24. The van der Waals surface area contributed by atoms with Crippen molar-refractivity contribution in [2.75, 3.05) is 32.7 Å². The summed E-state index contributed by atoms with van der Waals surface area (Å²) in [6.45, 7) is 6.48. The first-order valence-electron chi connectivity index (χ1n) is 12.4. The number of para-hydroxylation sites is 1. The average Bonchev–Trinajstić information content (AvgIpc) is 3.52. The van der Waals surface area contributed by atoms with Crippen molar-refractivity contribution in [3.63, 3.8) is 0 Å². The summed E-state index contributed by atoms with van der Waals surface area (Å²) in [7, 11) is 0. The number of carbonyl (C=O) groups is 1. The highest BCUT2D eigenvalue weighted by Gasteiger charge is 2.21. The fourth-order valence-corrected chi connectivity index (χ4v) is 5.44. The summed E-state index contributed by atoms with van der Waals surface area (Å²) >= 11 is 1.73. The quantitative estimate of drug-likeness (QED) is 0.338. The molecule has 8 heteroatoms. The van der Waals surface area contributed by atoms with Gasteiger partial charge >= 0.3 is 0 Å². The van der Waals surface area contributed by atoms with Gasteiger partial charge in [-0.05, 0) is 44.9 Å². The van der Waals surface area contributed by atoms with Crippen LogP contribution in [0, 0.1) is 6.92 Å². The fourth-order valence-electron chi connectivity index (χ4n) is 4.43. The van der Waals surface area contributed by atoms with Crippen molar-refractivity contribution in [2.24, 2.45) is 0 Å². The van der Waals surface area contributed by atoms with Crippen LogP contribution >= 0.6 is 11.3 Å². The molecule has 5 rings (SSSR count). The molecule has 1 saturated heterocycles. The molecule has 0 radical (unpaired) electrons. The van der Waals surface area contributed by atoms with Crippen molar-refractivity contribution in [3.8, 4) is 11.4 Å². The topological polar surface area (TPSA) is 75.4 Å². The molecule has 2 aromatic heterocycles. The van der Waals surface area contributed by atoms with Crippen molar-refractivity contribution in [2.45, 2.75) is 39.0 Å². The molecule has 1 aliphatic rings. The largest absolute Gasteiger partial charge is 0.340 e. The van der Waals surface area contributed by atoms with Crippen LogP contribution in [-0.4, -0.2) is 63.6 Å². The summed E-state index contributed by atoms with van der Waals surface area (Å²) in [4.78, 5) is 26.3. The third-order valence-electron chi connectivity index (χ3n) is 6.49. The van der Waals surface area contributed by atoms with Crippen molar-refractivity contribution in [1.82, 2.24) is 24.9 Å². The van der Waals surface area contributed by atoms with Crippen LogP contribution in [0.3, 0.4) is 0 Å². The van der Waals surface area contributed by atoms with Gasteiger partial charge in [-0.25, -0.2) is 4.98 Å². The Kier molecular flexibility index (Phi) is 7.49. The Morgan fingerprint density at radius 2 is 1.77 bits per heavy atom. The normalized spacial score (nSPS) is 14.6. The number of benzene rings is 2. The van der Waals surface area contributed by atoms with E-state index in [0.29, 0.717) is 18.1 Å². The van der Waals surface area contributed by atoms with Gasteiger partial charge in [0.05, 0.1) is 15.2 Å². The molecule has 7 nitrogen and oxygen atoms in total. The predicted octanol–water partition coefficient (Wildman–Crippen LogP) is 4.75. The van der Waals surface area contributed by atoms with E-state index in [1.165, 1.54) is 10.3 Å². The van der Waals surface area contributed by atoms with E-state index >= 15 is 0 Å². The highest BCUT2D eigenvalue weighted by molar-refractivity contribution is 7.18. The van der Waals surface area contributed by atoms with Gasteiger partial charge in [0, 0.05) is 44.6 Å². The SMILES string of the molecule is Cc1ccc(-c2noc(CCCN3CCN(C(=O)CCCc4nc5ccccc5s4)CC3)n2)cc1. The Bertz CT molecular complexity index is 1230. The Morgan fingerprint density at radius 3 is 2.57 bits per heavy atom. The first-order chi connectivity index (χ1) is 17.1. The smallest absolute Gasteiger partial charge is 0.227 e. The molecule has 35 heavy (non-hydrogen) atoms. The van der Waals surface area contributed by atoms with E-state index in [-0.39, 0.29) is 5.91 Å². The van der Waals surface area contributed by atoms with Gasteiger partial charge in [0.2, 0.25) is 17.6 Å². The lowest BCUT2D eigenvalue weighted by Gasteiger charge is -2.34. The Morgan fingerprint density at radius 1 is 0.971 bits per heavy atom. The zero-order chi connectivity index (χ0) is 24.0. The number of aromatic nitrogens is 3. The molecule has 2 aromatic carbocycles. The van der Waals surface area contributed by atoms with E-state index < -0.39 is 0 Å².